The molecule has 27 N–H and O–H groups in total. The van der Waals surface area contributed by atoms with Gasteiger partial charge in [0.25, 0.3) is 0 Å². The zero-order valence-corrected chi connectivity index (χ0v) is 52.6. The van der Waals surface area contributed by atoms with Crippen LogP contribution in [0, 0.1) is 0 Å². The Balaban J connectivity index is 1.14. The lowest BCUT2D eigenvalue weighted by molar-refractivity contribution is -0.381. The zero-order valence-electron chi connectivity index (χ0n) is 52.6. The molecule has 0 spiro atoms. The van der Waals surface area contributed by atoms with E-state index in [2.05, 4.69) is 16.0 Å². The number of carbonyl (C=O) groups excluding carboxylic acids is 3. The summed E-state index contributed by atoms with van der Waals surface area (Å²) in [5.41, 5.74) is 0. The molecule has 0 saturated carbocycles. The van der Waals surface area contributed by atoms with Crippen molar-refractivity contribution in [2.24, 2.45) is 0 Å². The first-order valence-corrected chi connectivity index (χ1v) is 31.0. The first kappa shape index (κ1) is 82.2. The Morgan fingerprint density at radius 3 is 1.07 bits per heavy atom. The number of aliphatic hydroxyl groups excluding tert-OH is 24. The van der Waals surface area contributed by atoms with Gasteiger partial charge < -0.3 is 205 Å². The molecule has 0 aromatic carbocycles. The van der Waals surface area contributed by atoms with Crippen LogP contribution in [0.5, 0.6) is 0 Å². The van der Waals surface area contributed by atoms with Crippen LogP contribution in [0.4, 0.5) is 0 Å². The largest absolute Gasteiger partial charge is 0.394 e. The second kappa shape index (κ2) is 36.5. The van der Waals surface area contributed by atoms with E-state index in [1.165, 1.54) is 0 Å². The molecule has 570 valence electrons. The maximum atomic E-state index is 12.9. The SMILES string of the molecule is CC(=O)N[C@H]1[C@H](O[C@H]2[C@@H](O)[C@@H](CO[C@@H]3O[C@H](CO)[C@@H](O[C@@H]4O[C@H](CO)[C@H](O)[C@H](O[C@@H]5O[C@H](CO)[C@@H](O)[C@H](O[C@@H]6O[C@H](CO)[C@H](O)[C@H](O)[C@H]6O)[C@H]5NC(C)=O)[C@H]4O)[C@H](O)[C@H]3NC(C)=O)O[C@@H](O[C@@H]([C@H](O)[C@@H](O)CO)[C@H](O)CO)[C@@H]2O)O[C@H](CO)[C@@H](O[C@@H]2O[C@H](CO)[C@H](O)[C@H](O)[C@H]2O)[C@@H]1O. The summed E-state index contributed by atoms with van der Waals surface area (Å²) < 4.78 is 81.4. The Kier molecular flexibility index (Phi) is 30.6. The molecule has 0 radical (unpaired) electrons. The van der Waals surface area contributed by atoms with Gasteiger partial charge in [0.1, 0.15) is 195 Å². The van der Waals surface area contributed by atoms with Gasteiger partial charge in [0, 0.05) is 20.8 Å². The van der Waals surface area contributed by atoms with E-state index in [0.29, 0.717) is 0 Å². The van der Waals surface area contributed by atoms with Gasteiger partial charge in [0.15, 0.2) is 44.0 Å². The van der Waals surface area contributed by atoms with Gasteiger partial charge in [0.05, 0.1) is 59.5 Å². The molecule has 7 heterocycles. The van der Waals surface area contributed by atoms with Crippen molar-refractivity contribution in [2.75, 3.05) is 59.5 Å². The second-order valence-electron chi connectivity index (χ2n) is 24.4. The van der Waals surface area contributed by atoms with E-state index < -0.39 is 316 Å². The van der Waals surface area contributed by atoms with E-state index in [-0.39, 0.29) is 0 Å². The summed E-state index contributed by atoms with van der Waals surface area (Å²) >= 11 is 0. The molecule has 7 aliphatic rings. The van der Waals surface area contributed by atoms with Crippen LogP contribution in [0.1, 0.15) is 20.8 Å². The first-order valence-electron chi connectivity index (χ1n) is 31.0. The number of hydrogen-bond acceptors (Lipinski definition) is 41. The Bertz CT molecular complexity index is 2460. The van der Waals surface area contributed by atoms with Gasteiger partial charge in [-0.15, -0.1) is 0 Å². The zero-order chi connectivity index (χ0) is 72.6. The number of nitrogens with one attached hydrogen (secondary N) is 3. The van der Waals surface area contributed by atoms with Crippen LogP contribution in [-0.4, -0.2) is 439 Å². The van der Waals surface area contributed by atoms with Crippen LogP contribution in [0.2, 0.25) is 0 Å². The second-order valence-corrected chi connectivity index (χ2v) is 24.4. The van der Waals surface area contributed by atoms with E-state index in [4.69, 9.17) is 66.3 Å². The van der Waals surface area contributed by atoms with Gasteiger partial charge in [-0.1, -0.05) is 0 Å². The van der Waals surface area contributed by atoms with E-state index in [0.717, 1.165) is 20.8 Å². The Hall–Kier alpha value is -3.11. The molecule has 7 fully saturated rings. The van der Waals surface area contributed by atoms with Gasteiger partial charge in [-0.05, 0) is 0 Å². The van der Waals surface area contributed by atoms with Gasteiger partial charge in [-0.2, -0.15) is 0 Å². The van der Waals surface area contributed by atoms with Crippen molar-refractivity contribution in [2.45, 2.75) is 260 Å². The van der Waals surface area contributed by atoms with E-state index in [1.807, 2.05) is 0 Å². The topological polar surface area (TPSA) is 702 Å². The van der Waals surface area contributed by atoms with Crippen molar-refractivity contribution >= 4 is 17.7 Å². The van der Waals surface area contributed by atoms with E-state index in [1.54, 1.807) is 0 Å². The first-order chi connectivity index (χ1) is 46.3. The number of ether oxygens (including phenoxy) is 14. The lowest BCUT2D eigenvalue weighted by atomic mass is 9.94. The van der Waals surface area contributed by atoms with Crippen molar-refractivity contribution < 1.29 is 203 Å². The molecule has 7 saturated heterocycles. The number of hydrogen-bond donors (Lipinski definition) is 27. The van der Waals surface area contributed by atoms with E-state index >= 15 is 0 Å². The highest BCUT2D eigenvalue weighted by Gasteiger charge is 2.59. The van der Waals surface area contributed by atoms with Crippen LogP contribution < -0.4 is 16.0 Å². The van der Waals surface area contributed by atoms with E-state index in [9.17, 15) is 137 Å². The lowest BCUT2D eigenvalue weighted by Gasteiger charge is -2.50. The smallest absolute Gasteiger partial charge is 0.217 e. The number of aliphatic hydroxyl groups is 24. The maximum absolute atomic E-state index is 12.9. The fourth-order valence-electron chi connectivity index (χ4n) is 12.2. The minimum atomic E-state index is -2.41. The normalized spacial score (nSPS) is 46.1. The molecule has 44 nitrogen and oxygen atoms in total. The molecular formula is C54H93N3O41. The molecule has 0 aliphatic carbocycles. The molecule has 3 amide bonds. The number of amides is 3. The molecule has 44 heteroatoms. The Morgan fingerprint density at radius 1 is 0.327 bits per heavy atom. The van der Waals surface area contributed by atoms with Gasteiger partial charge >= 0.3 is 0 Å². The molecule has 7 aliphatic heterocycles. The van der Waals surface area contributed by atoms with Crippen molar-refractivity contribution in [1.29, 1.82) is 0 Å². The minimum absolute atomic E-state index is 0.882. The Morgan fingerprint density at radius 2 is 0.643 bits per heavy atom. The van der Waals surface area contributed by atoms with Gasteiger partial charge in [-0.25, -0.2) is 0 Å². The van der Waals surface area contributed by atoms with Crippen molar-refractivity contribution in [3.8, 4) is 0 Å². The summed E-state index contributed by atoms with van der Waals surface area (Å²) in [6.45, 7) is -6.84. The minimum Gasteiger partial charge on any atom is -0.394 e. The summed E-state index contributed by atoms with van der Waals surface area (Å²) in [7, 11) is 0. The highest BCUT2D eigenvalue weighted by Crippen LogP contribution is 2.38. The third kappa shape index (κ3) is 18.5. The summed E-state index contributed by atoms with van der Waals surface area (Å²) in [4.78, 5) is 38.4. The summed E-state index contributed by atoms with van der Waals surface area (Å²) in [5.74, 6) is -2.73. The predicted octanol–water partition coefficient (Wildman–Crippen LogP) is -18.4. The lowest BCUT2D eigenvalue weighted by Crippen LogP contribution is -2.70. The van der Waals surface area contributed by atoms with Gasteiger partial charge in [-0.3, -0.25) is 14.4 Å². The van der Waals surface area contributed by atoms with Crippen LogP contribution >= 0.6 is 0 Å². The van der Waals surface area contributed by atoms with Crippen molar-refractivity contribution in [3.63, 3.8) is 0 Å². The monoisotopic (exact) mass is 1440 g/mol. The third-order valence-electron chi connectivity index (χ3n) is 17.5. The standard InChI is InChI=1S/C54H93N3O41/c1-13(66)55-25-34(77)43(95-53-40(83)46(32(75)21(9-63)89-53)98-50-27(57-15(3)68)45(31(74)20(8-62)86-50)96-52-39(82)37(80)30(73)19(7-61)88-52)22(10-64)90-48(25)85-12-24-33(76)47(41(84)54(92-24)93-42(17(70)5-59)28(71)16(69)4-58)97-49-26(56-14(2)67)35(78)44(23(11-65)91-49)94-51-38(81)36(79)29(72)18(6-60)87-51/h16-54,58-65,69-84H,4-12H2,1-3H3,(H,55,66)(H,56,67)(H,57,68)/t16-,17+,18+,19+,20+,21+,22+,23+,24+,25+,26+,27+,28+,29-,30-,31+,32-,33-,34+,35+,36-,37-,38+,39+,40+,41+,42+,43+,44+,45+,46-,47-,48+,49-,50-,51-,52-,53-,54-/m0/s1. The molecule has 0 aromatic rings. The average Bonchev–Trinajstić information content (AvgIpc) is 0.773. The number of rotatable bonds is 29. The maximum Gasteiger partial charge on any atom is 0.217 e. The predicted molar refractivity (Wildman–Crippen MR) is 301 cm³/mol. The van der Waals surface area contributed by atoms with Gasteiger partial charge in [0.2, 0.25) is 17.7 Å². The highest BCUT2D eigenvalue weighted by molar-refractivity contribution is 5.74. The molecular weight excluding hydrogens is 1350 g/mol. The fraction of sp³-hybridized carbons (Fsp3) is 0.944. The third-order valence-corrected chi connectivity index (χ3v) is 17.5. The highest BCUT2D eigenvalue weighted by atomic mass is 16.8. The van der Waals surface area contributed by atoms with Crippen molar-refractivity contribution in [1.82, 2.24) is 16.0 Å². The summed E-state index contributed by atoms with van der Waals surface area (Å²) in [6.07, 6.45) is -73.2. The van der Waals surface area contributed by atoms with Crippen LogP contribution in [0.3, 0.4) is 0 Å². The van der Waals surface area contributed by atoms with Crippen LogP contribution in [-0.2, 0) is 80.7 Å². The molecule has 7 rings (SSSR count). The Labute approximate surface area is 555 Å². The molecule has 0 bridgehead atoms. The fourth-order valence-corrected chi connectivity index (χ4v) is 12.2. The molecule has 0 unspecified atom stereocenters. The quantitative estimate of drug-likeness (QED) is 0.0331. The summed E-state index contributed by atoms with van der Waals surface area (Å²) in [6, 6.07) is -5.56. The molecule has 0 aromatic heterocycles. The number of carbonyl (C=O) groups is 3. The van der Waals surface area contributed by atoms with Crippen LogP contribution in [0.15, 0.2) is 0 Å². The molecule has 39 atom stereocenters. The molecule has 98 heavy (non-hydrogen) atoms. The van der Waals surface area contributed by atoms with Crippen molar-refractivity contribution in [3.05, 3.63) is 0 Å². The van der Waals surface area contributed by atoms with Crippen LogP contribution in [0.25, 0.3) is 0 Å². The average molecular weight is 1440 g/mol. The summed E-state index contributed by atoms with van der Waals surface area (Å²) in [5, 5.41) is 266.